The van der Waals surface area contributed by atoms with Crippen LogP contribution in [0, 0.1) is 16.7 Å². The van der Waals surface area contributed by atoms with E-state index in [0.717, 1.165) is 31.4 Å². The molecule has 0 aliphatic heterocycles. The molecule has 3 atom stereocenters. The summed E-state index contributed by atoms with van der Waals surface area (Å²) in [5.74, 6) is 0.983. The second-order valence-corrected chi connectivity index (χ2v) is 9.71. The highest BCUT2D eigenvalue weighted by atomic mass is 16.6. The Morgan fingerprint density at radius 3 is 2.40 bits per heavy atom. The van der Waals surface area contributed by atoms with Gasteiger partial charge in [-0.3, -0.25) is 0 Å². The molecule has 0 saturated heterocycles. The molecule has 1 aliphatic rings. The fourth-order valence-electron chi connectivity index (χ4n) is 3.77. The van der Waals surface area contributed by atoms with Crippen LogP contribution in [0.15, 0.2) is 18.2 Å². The number of aliphatic hydroxyl groups is 1. The van der Waals surface area contributed by atoms with E-state index in [1.54, 1.807) is 7.11 Å². The summed E-state index contributed by atoms with van der Waals surface area (Å²) >= 11 is 0. The first kappa shape index (κ1) is 20.3. The number of hydrogen-bond donors (Lipinski definition) is 1. The summed E-state index contributed by atoms with van der Waals surface area (Å²) in [5, 5.41) is 10.9. The lowest BCUT2D eigenvalue weighted by molar-refractivity contribution is -0.195. The molecule has 1 aromatic carbocycles. The van der Waals surface area contributed by atoms with Crippen molar-refractivity contribution >= 4 is 0 Å². The van der Waals surface area contributed by atoms with Gasteiger partial charge in [0.25, 0.3) is 0 Å². The topological polar surface area (TPSA) is 38.7 Å². The summed E-state index contributed by atoms with van der Waals surface area (Å²) in [5.41, 5.74) is 2.63. The Hall–Kier alpha value is -1.06. The summed E-state index contributed by atoms with van der Waals surface area (Å²) in [6, 6.07) is 6.19. The van der Waals surface area contributed by atoms with Crippen molar-refractivity contribution in [1.29, 1.82) is 0 Å². The molecule has 0 bridgehead atoms. The minimum Gasteiger partial charge on any atom is -0.497 e. The highest BCUT2D eigenvalue weighted by Gasteiger charge is 2.37. The molecule has 3 unspecified atom stereocenters. The Morgan fingerprint density at radius 2 is 1.84 bits per heavy atom. The zero-order chi connectivity index (χ0) is 18.8. The molecule has 0 aromatic heterocycles. The van der Waals surface area contributed by atoms with E-state index in [-0.39, 0.29) is 22.9 Å². The van der Waals surface area contributed by atoms with Gasteiger partial charge < -0.3 is 14.6 Å². The van der Waals surface area contributed by atoms with Crippen molar-refractivity contribution in [3.8, 4) is 5.75 Å². The van der Waals surface area contributed by atoms with Crippen LogP contribution in [0.25, 0.3) is 0 Å². The highest BCUT2D eigenvalue weighted by Crippen LogP contribution is 2.42. The summed E-state index contributed by atoms with van der Waals surface area (Å²) in [6.07, 6.45) is 3.24. The van der Waals surface area contributed by atoms with Gasteiger partial charge in [0.15, 0.2) is 6.29 Å². The summed E-state index contributed by atoms with van der Waals surface area (Å²) in [6.45, 7) is 13.2. The Morgan fingerprint density at radius 1 is 1.16 bits per heavy atom. The first-order valence-corrected chi connectivity index (χ1v) is 9.51. The van der Waals surface area contributed by atoms with E-state index < -0.39 is 6.29 Å². The molecular formula is C22H36O3. The predicted molar refractivity (Wildman–Crippen MR) is 103 cm³/mol. The third-order valence-corrected chi connectivity index (χ3v) is 5.20. The number of aryl methyl sites for hydroxylation is 1. The SMILES string of the molecule is COc1ccc2c(c1)CCCC2OC(O)C(CC(C)(C)C)C(C)(C)C. The van der Waals surface area contributed by atoms with E-state index in [0.29, 0.717) is 0 Å². The molecule has 0 heterocycles. The number of fused-ring (bicyclic) bond motifs is 1. The maximum absolute atomic E-state index is 10.9. The molecule has 0 radical (unpaired) electrons. The zero-order valence-corrected chi connectivity index (χ0v) is 17.1. The van der Waals surface area contributed by atoms with Gasteiger partial charge in [0.1, 0.15) is 5.75 Å². The van der Waals surface area contributed by atoms with Crippen molar-refractivity contribution in [1.82, 2.24) is 0 Å². The van der Waals surface area contributed by atoms with Gasteiger partial charge in [-0.25, -0.2) is 0 Å². The molecule has 2 rings (SSSR count). The van der Waals surface area contributed by atoms with Crippen LogP contribution in [0.3, 0.4) is 0 Å². The number of hydrogen-bond acceptors (Lipinski definition) is 3. The second-order valence-electron chi connectivity index (χ2n) is 9.71. The van der Waals surface area contributed by atoms with Gasteiger partial charge in [-0.05, 0) is 59.8 Å². The van der Waals surface area contributed by atoms with Crippen LogP contribution in [-0.2, 0) is 11.2 Å². The Kier molecular flexibility index (Phi) is 6.22. The third-order valence-electron chi connectivity index (χ3n) is 5.20. The Labute approximate surface area is 153 Å². The Bertz CT molecular complexity index is 566. The molecule has 1 aromatic rings. The number of rotatable bonds is 5. The smallest absolute Gasteiger partial charge is 0.158 e. The summed E-state index contributed by atoms with van der Waals surface area (Å²) in [7, 11) is 1.70. The molecule has 0 saturated carbocycles. The van der Waals surface area contributed by atoms with Crippen LogP contribution >= 0.6 is 0 Å². The molecule has 3 nitrogen and oxygen atoms in total. The Balaban J connectivity index is 2.18. The lowest BCUT2D eigenvalue weighted by Crippen LogP contribution is -2.38. The van der Waals surface area contributed by atoms with Gasteiger partial charge in [-0.15, -0.1) is 0 Å². The number of ether oxygens (including phenoxy) is 2. The molecule has 3 heteroatoms. The average molecular weight is 349 g/mol. The number of aliphatic hydroxyl groups excluding tert-OH is 1. The van der Waals surface area contributed by atoms with Crippen molar-refractivity contribution in [3.05, 3.63) is 29.3 Å². The monoisotopic (exact) mass is 348 g/mol. The molecular weight excluding hydrogens is 312 g/mol. The lowest BCUT2D eigenvalue weighted by Gasteiger charge is -2.40. The van der Waals surface area contributed by atoms with Crippen molar-refractivity contribution in [3.63, 3.8) is 0 Å². The van der Waals surface area contributed by atoms with Crippen molar-refractivity contribution in [2.45, 2.75) is 79.6 Å². The van der Waals surface area contributed by atoms with Crippen molar-refractivity contribution in [2.24, 2.45) is 16.7 Å². The quantitative estimate of drug-likeness (QED) is 0.713. The van der Waals surface area contributed by atoms with Gasteiger partial charge >= 0.3 is 0 Å². The molecule has 0 fully saturated rings. The van der Waals surface area contributed by atoms with Gasteiger partial charge in [-0.2, -0.15) is 0 Å². The van der Waals surface area contributed by atoms with E-state index in [1.807, 2.05) is 6.07 Å². The molecule has 142 valence electrons. The summed E-state index contributed by atoms with van der Waals surface area (Å²) in [4.78, 5) is 0. The summed E-state index contributed by atoms with van der Waals surface area (Å²) < 4.78 is 11.6. The van der Waals surface area contributed by atoms with E-state index in [2.05, 4.69) is 53.7 Å². The van der Waals surface area contributed by atoms with Crippen LogP contribution in [-0.4, -0.2) is 18.5 Å². The fraction of sp³-hybridized carbons (Fsp3) is 0.727. The van der Waals surface area contributed by atoms with Gasteiger partial charge in [-0.1, -0.05) is 47.6 Å². The first-order chi connectivity index (χ1) is 11.5. The third kappa shape index (κ3) is 5.46. The minimum absolute atomic E-state index is 0.00982. The predicted octanol–water partition coefficient (Wildman–Crippen LogP) is 5.51. The highest BCUT2D eigenvalue weighted by molar-refractivity contribution is 5.38. The number of benzene rings is 1. The largest absolute Gasteiger partial charge is 0.497 e. The average Bonchev–Trinajstić information content (AvgIpc) is 2.50. The zero-order valence-electron chi connectivity index (χ0n) is 17.1. The van der Waals surface area contributed by atoms with Crippen LogP contribution in [0.1, 0.15) is 78.0 Å². The molecule has 25 heavy (non-hydrogen) atoms. The van der Waals surface area contributed by atoms with Crippen molar-refractivity contribution in [2.75, 3.05) is 7.11 Å². The van der Waals surface area contributed by atoms with E-state index in [1.165, 1.54) is 11.1 Å². The number of methoxy groups -OCH3 is 1. The fourth-order valence-corrected chi connectivity index (χ4v) is 3.77. The molecule has 0 amide bonds. The van der Waals surface area contributed by atoms with Gasteiger partial charge in [0.2, 0.25) is 0 Å². The second kappa shape index (κ2) is 7.67. The maximum Gasteiger partial charge on any atom is 0.158 e. The van der Waals surface area contributed by atoms with E-state index in [4.69, 9.17) is 9.47 Å². The molecule has 1 N–H and O–H groups in total. The molecule has 1 aliphatic carbocycles. The maximum atomic E-state index is 10.9. The van der Waals surface area contributed by atoms with Crippen LogP contribution in [0.2, 0.25) is 0 Å². The van der Waals surface area contributed by atoms with Crippen LogP contribution in [0.4, 0.5) is 0 Å². The van der Waals surface area contributed by atoms with Crippen LogP contribution in [0.5, 0.6) is 5.75 Å². The standard InChI is InChI=1S/C22H36O3/c1-21(2,3)14-18(22(4,5)6)20(23)25-19-10-8-9-15-13-16(24-7)11-12-17(15)19/h11-13,18-20,23H,8-10,14H2,1-7H3. The first-order valence-electron chi connectivity index (χ1n) is 9.51. The van der Waals surface area contributed by atoms with Crippen molar-refractivity contribution < 1.29 is 14.6 Å². The molecule has 0 spiro atoms. The lowest BCUT2D eigenvalue weighted by atomic mass is 9.71. The minimum atomic E-state index is -0.753. The van der Waals surface area contributed by atoms with Gasteiger partial charge in [0, 0.05) is 5.92 Å². The van der Waals surface area contributed by atoms with Gasteiger partial charge in [0.05, 0.1) is 13.2 Å². The van der Waals surface area contributed by atoms with E-state index >= 15 is 0 Å². The van der Waals surface area contributed by atoms with E-state index in [9.17, 15) is 5.11 Å². The normalized spacial score (nSPS) is 20.7. The van der Waals surface area contributed by atoms with Crippen LogP contribution < -0.4 is 4.74 Å².